The van der Waals surface area contributed by atoms with Crippen LogP contribution in [0.3, 0.4) is 0 Å². The zero-order valence-electron chi connectivity index (χ0n) is 11.0. The SMILES string of the molecule is Fc1cccc(CNc2ccc3cc(Br)ccc3c2)c1Br. The number of fused-ring (bicyclic) bond motifs is 1. The van der Waals surface area contributed by atoms with Crippen LogP contribution in [0.2, 0.25) is 0 Å². The first kappa shape index (κ1) is 14.5. The van der Waals surface area contributed by atoms with E-state index in [0.29, 0.717) is 11.0 Å². The summed E-state index contributed by atoms with van der Waals surface area (Å²) >= 11 is 6.75. The summed E-state index contributed by atoms with van der Waals surface area (Å²) in [5, 5.41) is 5.68. The van der Waals surface area contributed by atoms with Crippen molar-refractivity contribution in [2.24, 2.45) is 0 Å². The van der Waals surface area contributed by atoms with Crippen molar-refractivity contribution in [1.82, 2.24) is 0 Å². The first-order valence-corrected chi connectivity index (χ1v) is 8.08. The molecular weight excluding hydrogens is 397 g/mol. The molecular formula is C17H12Br2FN. The van der Waals surface area contributed by atoms with Gasteiger partial charge in [-0.15, -0.1) is 0 Å². The van der Waals surface area contributed by atoms with E-state index in [4.69, 9.17) is 0 Å². The summed E-state index contributed by atoms with van der Waals surface area (Å²) in [4.78, 5) is 0. The van der Waals surface area contributed by atoms with Crippen molar-refractivity contribution >= 4 is 48.3 Å². The maximum absolute atomic E-state index is 13.5. The zero-order valence-corrected chi connectivity index (χ0v) is 14.2. The van der Waals surface area contributed by atoms with Gasteiger partial charge in [-0.3, -0.25) is 0 Å². The minimum atomic E-state index is -0.238. The molecule has 21 heavy (non-hydrogen) atoms. The fourth-order valence-electron chi connectivity index (χ4n) is 2.21. The van der Waals surface area contributed by atoms with Crippen molar-refractivity contribution < 1.29 is 4.39 Å². The number of hydrogen-bond donors (Lipinski definition) is 1. The van der Waals surface area contributed by atoms with Gasteiger partial charge in [0.2, 0.25) is 0 Å². The molecule has 0 heterocycles. The van der Waals surface area contributed by atoms with Crippen LogP contribution in [-0.4, -0.2) is 0 Å². The van der Waals surface area contributed by atoms with Crippen LogP contribution in [0.5, 0.6) is 0 Å². The molecule has 0 radical (unpaired) electrons. The Morgan fingerprint density at radius 1 is 0.905 bits per heavy atom. The standard InChI is InChI=1S/C17H12Br2FN/c18-14-6-4-12-9-15(7-5-11(12)8-14)21-10-13-2-1-3-16(20)17(13)19/h1-9,21H,10H2. The van der Waals surface area contributed by atoms with E-state index in [9.17, 15) is 4.39 Å². The molecule has 0 spiro atoms. The molecule has 0 aromatic heterocycles. The highest BCUT2D eigenvalue weighted by molar-refractivity contribution is 9.10. The minimum absolute atomic E-state index is 0.238. The van der Waals surface area contributed by atoms with Crippen molar-refractivity contribution in [3.8, 4) is 0 Å². The Hall–Kier alpha value is -1.39. The molecule has 0 unspecified atom stereocenters. The molecule has 0 aliphatic rings. The monoisotopic (exact) mass is 407 g/mol. The van der Waals surface area contributed by atoms with Gasteiger partial charge in [-0.2, -0.15) is 0 Å². The van der Waals surface area contributed by atoms with Gasteiger partial charge in [0.15, 0.2) is 0 Å². The van der Waals surface area contributed by atoms with Crippen LogP contribution < -0.4 is 5.32 Å². The van der Waals surface area contributed by atoms with E-state index in [-0.39, 0.29) is 5.82 Å². The van der Waals surface area contributed by atoms with E-state index in [1.807, 2.05) is 18.2 Å². The van der Waals surface area contributed by atoms with Gasteiger partial charge in [-0.05, 0) is 62.6 Å². The largest absolute Gasteiger partial charge is 0.381 e. The molecule has 0 aliphatic heterocycles. The summed E-state index contributed by atoms with van der Waals surface area (Å²) in [5.74, 6) is -0.238. The molecule has 0 saturated carbocycles. The van der Waals surface area contributed by atoms with Crippen molar-refractivity contribution in [2.45, 2.75) is 6.54 Å². The lowest BCUT2D eigenvalue weighted by atomic mass is 10.1. The molecule has 4 heteroatoms. The number of benzene rings is 3. The lowest BCUT2D eigenvalue weighted by Gasteiger charge is -2.10. The minimum Gasteiger partial charge on any atom is -0.381 e. The Bertz CT molecular complexity index is 802. The van der Waals surface area contributed by atoms with E-state index < -0.39 is 0 Å². The second-order valence-corrected chi connectivity index (χ2v) is 6.48. The van der Waals surface area contributed by atoms with Crippen LogP contribution in [0, 0.1) is 5.82 Å². The average Bonchev–Trinajstić information content (AvgIpc) is 2.49. The summed E-state index contributed by atoms with van der Waals surface area (Å²) in [5.41, 5.74) is 1.91. The molecule has 1 nitrogen and oxygen atoms in total. The van der Waals surface area contributed by atoms with Crippen LogP contribution >= 0.6 is 31.9 Å². The second-order valence-electron chi connectivity index (χ2n) is 4.77. The predicted molar refractivity (Wildman–Crippen MR) is 93.1 cm³/mol. The molecule has 0 aliphatic carbocycles. The maximum Gasteiger partial charge on any atom is 0.137 e. The van der Waals surface area contributed by atoms with Gasteiger partial charge in [-0.1, -0.05) is 40.2 Å². The van der Waals surface area contributed by atoms with Crippen LogP contribution in [0.15, 0.2) is 63.5 Å². The molecule has 0 amide bonds. The number of nitrogens with one attached hydrogen (secondary N) is 1. The maximum atomic E-state index is 13.5. The first-order valence-electron chi connectivity index (χ1n) is 6.49. The normalized spacial score (nSPS) is 10.8. The molecule has 3 rings (SSSR count). The summed E-state index contributed by atoms with van der Waals surface area (Å²) < 4.78 is 15.1. The lowest BCUT2D eigenvalue weighted by molar-refractivity contribution is 0.618. The predicted octanol–water partition coefficient (Wildman–Crippen LogP) is 6.12. The van der Waals surface area contributed by atoms with E-state index >= 15 is 0 Å². The van der Waals surface area contributed by atoms with Gasteiger partial charge in [0, 0.05) is 16.7 Å². The van der Waals surface area contributed by atoms with E-state index in [2.05, 4.69) is 61.4 Å². The molecule has 1 N–H and O–H groups in total. The Morgan fingerprint density at radius 3 is 2.52 bits per heavy atom. The van der Waals surface area contributed by atoms with Crippen LogP contribution in [0.25, 0.3) is 10.8 Å². The molecule has 0 atom stereocenters. The Labute approximate surface area is 139 Å². The Balaban J connectivity index is 1.82. The highest BCUT2D eigenvalue weighted by atomic mass is 79.9. The number of halogens is 3. The third kappa shape index (κ3) is 3.27. The number of hydrogen-bond acceptors (Lipinski definition) is 1. The van der Waals surface area contributed by atoms with Crippen LogP contribution in [0.1, 0.15) is 5.56 Å². The third-order valence-electron chi connectivity index (χ3n) is 3.32. The van der Waals surface area contributed by atoms with Crippen LogP contribution in [-0.2, 0) is 6.54 Å². The molecule has 0 fully saturated rings. The van der Waals surface area contributed by atoms with Crippen molar-refractivity contribution in [3.63, 3.8) is 0 Å². The van der Waals surface area contributed by atoms with Gasteiger partial charge in [0.25, 0.3) is 0 Å². The van der Waals surface area contributed by atoms with Crippen molar-refractivity contribution in [3.05, 3.63) is 74.9 Å². The van der Waals surface area contributed by atoms with Gasteiger partial charge in [0.1, 0.15) is 5.82 Å². The topological polar surface area (TPSA) is 12.0 Å². The molecule has 3 aromatic carbocycles. The van der Waals surface area contributed by atoms with E-state index in [1.165, 1.54) is 16.8 Å². The fraction of sp³-hybridized carbons (Fsp3) is 0.0588. The highest BCUT2D eigenvalue weighted by Crippen LogP contribution is 2.25. The Morgan fingerprint density at radius 2 is 1.67 bits per heavy atom. The number of rotatable bonds is 3. The van der Waals surface area contributed by atoms with Crippen molar-refractivity contribution in [2.75, 3.05) is 5.32 Å². The average molecular weight is 409 g/mol. The third-order valence-corrected chi connectivity index (χ3v) is 4.70. The van der Waals surface area contributed by atoms with Gasteiger partial charge in [0.05, 0.1) is 4.47 Å². The first-order chi connectivity index (χ1) is 10.1. The molecule has 106 valence electrons. The molecule has 3 aromatic rings. The summed E-state index contributed by atoms with van der Waals surface area (Å²) in [6.45, 7) is 0.570. The van der Waals surface area contributed by atoms with Crippen LogP contribution in [0.4, 0.5) is 10.1 Å². The van der Waals surface area contributed by atoms with Gasteiger partial charge in [-0.25, -0.2) is 4.39 Å². The highest BCUT2D eigenvalue weighted by Gasteiger charge is 2.05. The molecule has 0 saturated heterocycles. The lowest BCUT2D eigenvalue weighted by Crippen LogP contribution is -2.01. The van der Waals surface area contributed by atoms with Gasteiger partial charge >= 0.3 is 0 Å². The van der Waals surface area contributed by atoms with E-state index in [1.54, 1.807) is 6.07 Å². The molecule has 0 bridgehead atoms. The summed E-state index contributed by atoms with van der Waals surface area (Å²) in [6.07, 6.45) is 0. The second kappa shape index (κ2) is 6.16. The zero-order chi connectivity index (χ0) is 14.8. The van der Waals surface area contributed by atoms with E-state index in [0.717, 1.165) is 15.7 Å². The van der Waals surface area contributed by atoms with Crippen molar-refractivity contribution in [1.29, 1.82) is 0 Å². The fourth-order valence-corrected chi connectivity index (χ4v) is 2.99. The Kier molecular flexibility index (Phi) is 4.27. The summed E-state index contributed by atoms with van der Waals surface area (Å²) in [6, 6.07) is 17.4. The van der Waals surface area contributed by atoms with Gasteiger partial charge < -0.3 is 5.32 Å². The summed E-state index contributed by atoms with van der Waals surface area (Å²) in [7, 11) is 0. The quantitative estimate of drug-likeness (QED) is 0.550. The smallest absolute Gasteiger partial charge is 0.137 e. The number of anilines is 1.